The number of nitrogens with one attached hydrogen (secondary N) is 4. The van der Waals surface area contributed by atoms with Crippen molar-refractivity contribution in [1.82, 2.24) is 21.3 Å². The highest BCUT2D eigenvalue weighted by Crippen LogP contribution is 2.14. The molecule has 0 saturated heterocycles. The van der Waals surface area contributed by atoms with Crippen LogP contribution in [0.15, 0.2) is 24.3 Å². The molecule has 0 heterocycles. The smallest absolute Gasteiger partial charge is 0.326 e. The Hall–Kier alpha value is -4.65. The first-order valence-electron chi connectivity index (χ1n) is 22.1. The predicted octanol–water partition coefficient (Wildman–Crippen LogP) is 3.59. The number of carbonyl (C=O) groups excluding carboxylic acids is 5. The van der Waals surface area contributed by atoms with E-state index >= 15 is 0 Å². The molecule has 18 heteroatoms. The molecule has 0 saturated carbocycles. The van der Waals surface area contributed by atoms with Gasteiger partial charge in [0.1, 0.15) is 31.3 Å². The Bertz CT molecular complexity index is 1400. The maximum atomic E-state index is 12.3. The van der Waals surface area contributed by atoms with Crippen LogP contribution in [-0.4, -0.2) is 135 Å². The maximum Gasteiger partial charge on any atom is 0.326 e. The van der Waals surface area contributed by atoms with Crippen LogP contribution in [0.4, 0.5) is 0 Å². The van der Waals surface area contributed by atoms with Crippen LogP contribution in [0.5, 0.6) is 5.75 Å². The maximum absolute atomic E-state index is 12.3. The molecule has 1 aromatic carbocycles. The number of aldehydes is 1. The molecule has 1 aromatic rings. The fourth-order valence-corrected chi connectivity index (χ4v) is 6.18. The van der Waals surface area contributed by atoms with Gasteiger partial charge in [-0.25, -0.2) is 4.79 Å². The third kappa shape index (κ3) is 34.0. The van der Waals surface area contributed by atoms with E-state index in [1.807, 2.05) is 0 Å². The number of unbranched alkanes of at least 4 members (excludes halogenated alkanes) is 13. The van der Waals surface area contributed by atoms with E-state index in [1.54, 1.807) is 12.1 Å². The molecule has 0 aliphatic heterocycles. The highest BCUT2D eigenvalue weighted by atomic mass is 16.5. The van der Waals surface area contributed by atoms with Crippen molar-refractivity contribution in [3.8, 4) is 5.75 Å². The molecule has 7 N–H and O–H groups in total. The van der Waals surface area contributed by atoms with Crippen LogP contribution < -0.4 is 21.3 Å². The van der Waals surface area contributed by atoms with Crippen LogP contribution in [0, 0.1) is 0 Å². The molecule has 1 unspecified atom stereocenters. The number of rotatable bonds is 42. The van der Waals surface area contributed by atoms with Gasteiger partial charge in [0.05, 0.1) is 45.7 Å². The Kier molecular flexibility index (Phi) is 34.0. The molecule has 0 fully saturated rings. The van der Waals surface area contributed by atoms with E-state index in [1.165, 1.54) is 50.7 Å². The largest absolute Gasteiger partial charge is 0.508 e. The minimum Gasteiger partial charge on any atom is -0.508 e. The molecular weight excluding hydrogens is 808 g/mol. The number of phenolic OH excluding ortho intramolecular Hbond substituents is 1. The number of benzene rings is 1. The third-order valence-corrected chi connectivity index (χ3v) is 9.59. The summed E-state index contributed by atoms with van der Waals surface area (Å²) in [5.74, 6) is -3.29. The van der Waals surface area contributed by atoms with Crippen LogP contribution in [0.1, 0.15) is 121 Å². The SMILES string of the molecule is O=CC(Cc1ccc(O)cc1)NC(=O)COCCOCCNC(=O)COCCOCCNC(=O)CC[C@H](NC(=O)CCCCCCCCCCCCCCCCC(=O)O)C(=O)O. The van der Waals surface area contributed by atoms with Crippen molar-refractivity contribution >= 4 is 41.9 Å². The standard InChI is InChI=1S/C44H72N4O14/c49-32-36(31-35-17-19-37(50)20-18-35)47-42(54)34-62-30-28-60-26-24-46-41(53)33-61-29-27-59-25-23-45-39(51)22-21-38(44(57)58)48-40(52)15-13-11-9-7-5-3-1-2-4-6-8-10-12-14-16-43(55)56/h17-20,32,36,38,50H,1-16,21-31,33-34H2,(H,45,51)(H,46,53)(H,47,54)(H,48,52)(H,55,56)(H,57,58)/t36?,38-/m0/s1. The number of aliphatic carboxylic acids is 2. The van der Waals surface area contributed by atoms with E-state index in [2.05, 4.69) is 21.3 Å². The van der Waals surface area contributed by atoms with E-state index in [0.29, 0.717) is 12.7 Å². The number of amides is 4. The van der Waals surface area contributed by atoms with Crippen LogP contribution >= 0.6 is 0 Å². The summed E-state index contributed by atoms with van der Waals surface area (Å²) in [6.45, 7) is 1.07. The number of hydrogen-bond acceptors (Lipinski definition) is 12. The topological polar surface area (TPSA) is 265 Å². The van der Waals surface area contributed by atoms with Gasteiger partial charge in [-0.3, -0.25) is 24.0 Å². The van der Waals surface area contributed by atoms with Gasteiger partial charge in [0.25, 0.3) is 0 Å². The summed E-state index contributed by atoms with van der Waals surface area (Å²) in [5.41, 5.74) is 0.783. The molecule has 1 rings (SSSR count). The summed E-state index contributed by atoms with van der Waals surface area (Å²) in [6, 6.07) is 4.46. The van der Waals surface area contributed by atoms with Gasteiger partial charge in [-0.15, -0.1) is 0 Å². The van der Waals surface area contributed by atoms with Gasteiger partial charge in [-0.1, -0.05) is 89.2 Å². The molecular formula is C44H72N4O14. The summed E-state index contributed by atoms with van der Waals surface area (Å²) >= 11 is 0. The fourth-order valence-electron chi connectivity index (χ4n) is 6.18. The lowest BCUT2D eigenvalue weighted by atomic mass is 10.0. The summed E-state index contributed by atoms with van der Waals surface area (Å²) in [6.07, 6.45) is 16.3. The second kappa shape index (κ2) is 38.1. The fraction of sp³-hybridized carbons (Fsp3) is 0.705. The van der Waals surface area contributed by atoms with E-state index < -0.39 is 29.9 Å². The Balaban J connectivity index is 1.93. The predicted molar refractivity (Wildman–Crippen MR) is 229 cm³/mol. The lowest BCUT2D eigenvalue weighted by Crippen LogP contribution is -2.41. The summed E-state index contributed by atoms with van der Waals surface area (Å²) < 4.78 is 21.3. The normalized spacial score (nSPS) is 11.9. The van der Waals surface area contributed by atoms with Crippen molar-refractivity contribution in [1.29, 1.82) is 0 Å². The van der Waals surface area contributed by atoms with Crippen LogP contribution in [0.2, 0.25) is 0 Å². The molecule has 4 amide bonds. The van der Waals surface area contributed by atoms with Gasteiger partial charge in [-0.2, -0.15) is 0 Å². The number of hydrogen-bond donors (Lipinski definition) is 7. The van der Waals surface area contributed by atoms with Gasteiger partial charge in [0.2, 0.25) is 23.6 Å². The number of carboxylic acids is 2. The Morgan fingerprint density at radius 3 is 1.50 bits per heavy atom. The zero-order valence-corrected chi connectivity index (χ0v) is 36.4. The van der Waals surface area contributed by atoms with Crippen LogP contribution in [0.3, 0.4) is 0 Å². The monoisotopic (exact) mass is 881 g/mol. The minimum atomic E-state index is -1.19. The van der Waals surface area contributed by atoms with Gasteiger partial charge < -0.3 is 60.3 Å². The van der Waals surface area contributed by atoms with Crippen molar-refractivity contribution < 1.29 is 67.8 Å². The highest BCUT2D eigenvalue weighted by Gasteiger charge is 2.21. The van der Waals surface area contributed by atoms with Crippen LogP contribution in [0.25, 0.3) is 0 Å². The summed E-state index contributed by atoms with van der Waals surface area (Å²) in [4.78, 5) is 82.0. The molecule has 0 aliphatic rings. The second-order valence-corrected chi connectivity index (χ2v) is 15.1. The zero-order valence-electron chi connectivity index (χ0n) is 36.4. The average Bonchev–Trinajstić information content (AvgIpc) is 3.24. The molecule has 18 nitrogen and oxygen atoms in total. The second-order valence-electron chi connectivity index (χ2n) is 15.1. The Labute approximate surface area is 365 Å². The molecule has 62 heavy (non-hydrogen) atoms. The van der Waals surface area contributed by atoms with E-state index in [9.17, 15) is 43.8 Å². The summed E-state index contributed by atoms with van der Waals surface area (Å²) in [5, 5.41) is 37.9. The zero-order chi connectivity index (χ0) is 45.5. The van der Waals surface area contributed by atoms with Gasteiger partial charge >= 0.3 is 11.9 Å². The number of aromatic hydroxyl groups is 1. The lowest BCUT2D eigenvalue weighted by molar-refractivity contribution is -0.142. The molecule has 0 aromatic heterocycles. The first-order chi connectivity index (χ1) is 30.0. The van der Waals surface area contributed by atoms with Gasteiger partial charge in [-0.05, 0) is 43.4 Å². The molecule has 2 atom stereocenters. The molecule has 352 valence electrons. The van der Waals surface area contributed by atoms with E-state index in [4.69, 9.17) is 24.1 Å². The van der Waals surface area contributed by atoms with Gasteiger partial charge in [0.15, 0.2) is 0 Å². The van der Waals surface area contributed by atoms with Crippen LogP contribution in [-0.2, 0) is 58.9 Å². The minimum absolute atomic E-state index is 0.0348. The van der Waals surface area contributed by atoms with E-state index in [0.717, 1.165) is 50.5 Å². The quantitative estimate of drug-likeness (QED) is 0.0366. The number of phenols is 1. The Morgan fingerprint density at radius 2 is 1.00 bits per heavy atom. The van der Waals surface area contributed by atoms with Gasteiger partial charge in [0, 0.05) is 32.4 Å². The molecule has 0 radical (unpaired) electrons. The van der Waals surface area contributed by atoms with Crippen molar-refractivity contribution in [3.05, 3.63) is 29.8 Å². The first-order valence-corrected chi connectivity index (χ1v) is 22.1. The highest BCUT2D eigenvalue weighted by molar-refractivity contribution is 5.84. The van der Waals surface area contributed by atoms with Crippen molar-refractivity contribution in [2.75, 3.05) is 65.9 Å². The average molecular weight is 881 g/mol. The number of ether oxygens (including phenoxy) is 4. The first kappa shape index (κ1) is 55.4. The number of carboxylic acid groups (broad SMARTS) is 2. The van der Waals surface area contributed by atoms with Crippen molar-refractivity contribution in [3.63, 3.8) is 0 Å². The van der Waals surface area contributed by atoms with E-state index in [-0.39, 0.29) is 122 Å². The lowest BCUT2D eigenvalue weighted by Gasteiger charge is -2.14. The number of carbonyl (C=O) groups is 7. The van der Waals surface area contributed by atoms with Crippen molar-refractivity contribution in [2.45, 2.75) is 134 Å². The molecule has 0 aliphatic carbocycles. The van der Waals surface area contributed by atoms with Crippen molar-refractivity contribution in [2.24, 2.45) is 0 Å². The Morgan fingerprint density at radius 1 is 0.532 bits per heavy atom. The summed E-state index contributed by atoms with van der Waals surface area (Å²) in [7, 11) is 0. The molecule has 0 bridgehead atoms. The molecule has 0 spiro atoms. The third-order valence-electron chi connectivity index (χ3n) is 9.59.